The van der Waals surface area contributed by atoms with Crippen LogP contribution < -0.4 is 0 Å². The van der Waals surface area contributed by atoms with Gasteiger partial charge in [0.25, 0.3) is 0 Å². The molecule has 12 heavy (non-hydrogen) atoms. The minimum Gasteiger partial charge on any atom is -0.387 e. The summed E-state index contributed by atoms with van der Waals surface area (Å²) in [6.45, 7) is 0. The van der Waals surface area contributed by atoms with E-state index in [-0.39, 0.29) is 0 Å². The van der Waals surface area contributed by atoms with Crippen molar-refractivity contribution in [3.63, 3.8) is 0 Å². The van der Waals surface area contributed by atoms with Crippen LogP contribution in [0, 0.1) is 0 Å². The summed E-state index contributed by atoms with van der Waals surface area (Å²) in [4.78, 5) is 0. The molecule has 0 aliphatic carbocycles. The highest BCUT2D eigenvalue weighted by Gasteiger charge is 2.55. The summed E-state index contributed by atoms with van der Waals surface area (Å²) in [5, 5.41) is 25.8. The lowest BCUT2D eigenvalue weighted by Gasteiger charge is -2.36. The maximum absolute atomic E-state index is 12.3. The monoisotopic (exact) mass is 188 g/mol. The molecule has 1 heterocycles. The highest BCUT2D eigenvalue weighted by molar-refractivity contribution is 4.88. The zero-order valence-corrected chi connectivity index (χ0v) is 5.69. The molecule has 72 valence electrons. The van der Waals surface area contributed by atoms with Crippen LogP contribution in [0.1, 0.15) is 0 Å². The molecule has 1 fully saturated rings. The molecule has 0 aromatic carbocycles. The van der Waals surface area contributed by atoms with Gasteiger partial charge in [0.2, 0.25) is 6.36 Å². The molecule has 0 bridgehead atoms. The van der Waals surface area contributed by atoms with Gasteiger partial charge in [0, 0.05) is 0 Å². The van der Waals surface area contributed by atoms with Crippen molar-refractivity contribution < 1.29 is 33.2 Å². The Morgan fingerprint density at radius 3 is 2.08 bits per heavy atom. The van der Waals surface area contributed by atoms with E-state index in [0.29, 0.717) is 0 Å². The molecule has 0 aromatic heterocycles. The van der Waals surface area contributed by atoms with Gasteiger partial charge in [-0.3, -0.25) is 4.74 Å². The molecule has 0 saturated carbocycles. The Hall–Kier alpha value is -0.370. The highest BCUT2D eigenvalue weighted by Crippen LogP contribution is 2.32. The molecule has 1 saturated heterocycles. The van der Waals surface area contributed by atoms with Crippen molar-refractivity contribution in [3.8, 4) is 0 Å². The first-order chi connectivity index (χ1) is 5.36. The molecule has 0 aromatic rings. The standard InChI is InChI=1S/C5H7F3O4/c6-4-2(10)1(9)3(11)5(7,8)12-4/h1-4,9-11H/t1-,2-,3+,4-/m1/s1. The summed E-state index contributed by atoms with van der Waals surface area (Å²) >= 11 is 0. The normalized spacial score (nSPS) is 47.5. The molecule has 4 atom stereocenters. The first-order valence-electron chi connectivity index (χ1n) is 3.10. The SMILES string of the molecule is O[C@@H]1[C@@H](O)[C@H](O)C(F)(F)O[C@H]1F. The maximum Gasteiger partial charge on any atom is 0.386 e. The van der Waals surface area contributed by atoms with Gasteiger partial charge in [-0.15, -0.1) is 0 Å². The van der Waals surface area contributed by atoms with Crippen LogP contribution in [0.5, 0.6) is 0 Å². The fourth-order valence-electron chi connectivity index (χ4n) is 0.830. The van der Waals surface area contributed by atoms with Gasteiger partial charge >= 0.3 is 6.11 Å². The second-order valence-electron chi connectivity index (χ2n) is 2.46. The molecule has 0 unspecified atom stereocenters. The Morgan fingerprint density at radius 2 is 1.58 bits per heavy atom. The van der Waals surface area contributed by atoms with Gasteiger partial charge in [0.05, 0.1) is 0 Å². The lowest BCUT2D eigenvalue weighted by Crippen LogP contribution is -2.59. The fourth-order valence-corrected chi connectivity index (χ4v) is 0.830. The molecule has 1 aliphatic rings. The van der Waals surface area contributed by atoms with E-state index in [1.165, 1.54) is 0 Å². The van der Waals surface area contributed by atoms with Gasteiger partial charge in [-0.1, -0.05) is 0 Å². The van der Waals surface area contributed by atoms with Crippen molar-refractivity contribution >= 4 is 0 Å². The Balaban J connectivity index is 2.78. The number of rotatable bonds is 0. The van der Waals surface area contributed by atoms with E-state index in [4.69, 9.17) is 15.3 Å². The van der Waals surface area contributed by atoms with E-state index >= 15 is 0 Å². The summed E-state index contributed by atoms with van der Waals surface area (Å²) in [5.41, 5.74) is 0. The number of halogens is 3. The third-order valence-electron chi connectivity index (χ3n) is 1.56. The lowest BCUT2D eigenvalue weighted by molar-refractivity contribution is -0.389. The summed E-state index contributed by atoms with van der Waals surface area (Å²) in [6.07, 6.45) is -13.9. The van der Waals surface area contributed by atoms with Gasteiger partial charge in [-0.25, -0.2) is 4.39 Å². The summed E-state index contributed by atoms with van der Waals surface area (Å²) in [7, 11) is 0. The minimum atomic E-state index is -4.17. The maximum atomic E-state index is 12.3. The van der Waals surface area contributed by atoms with Crippen molar-refractivity contribution in [2.24, 2.45) is 0 Å². The second kappa shape index (κ2) is 2.84. The number of aliphatic hydroxyl groups is 3. The van der Waals surface area contributed by atoms with Crippen molar-refractivity contribution in [1.29, 1.82) is 0 Å². The molecular formula is C5H7F3O4. The molecule has 7 heteroatoms. The van der Waals surface area contributed by atoms with E-state index in [1.54, 1.807) is 0 Å². The van der Waals surface area contributed by atoms with Crippen LogP contribution in [0.25, 0.3) is 0 Å². The van der Waals surface area contributed by atoms with Gasteiger partial charge in [0.15, 0.2) is 6.10 Å². The third-order valence-corrected chi connectivity index (χ3v) is 1.56. The third kappa shape index (κ3) is 1.40. The van der Waals surface area contributed by atoms with E-state index in [0.717, 1.165) is 0 Å². The predicted molar refractivity (Wildman–Crippen MR) is 28.9 cm³/mol. The second-order valence-corrected chi connectivity index (χ2v) is 2.46. The quantitative estimate of drug-likeness (QED) is 0.455. The zero-order valence-electron chi connectivity index (χ0n) is 5.69. The molecule has 1 rings (SSSR count). The minimum absolute atomic E-state index is 2.15. The lowest BCUT2D eigenvalue weighted by atomic mass is 10.0. The highest BCUT2D eigenvalue weighted by atomic mass is 19.3. The predicted octanol–water partition coefficient (Wildman–Crippen LogP) is -1.01. The van der Waals surface area contributed by atoms with E-state index in [1.807, 2.05) is 0 Å². The van der Waals surface area contributed by atoms with Crippen LogP contribution in [0.15, 0.2) is 0 Å². The van der Waals surface area contributed by atoms with E-state index in [9.17, 15) is 13.2 Å². The topological polar surface area (TPSA) is 69.9 Å². The molecule has 0 spiro atoms. The number of hydrogen-bond acceptors (Lipinski definition) is 4. The summed E-state index contributed by atoms with van der Waals surface area (Å²) in [5.74, 6) is 0. The van der Waals surface area contributed by atoms with E-state index < -0.39 is 30.8 Å². The number of aliphatic hydroxyl groups excluding tert-OH is 3. The van der Waals surface area contributed by atoms with Crippen LogP contribution in [0.3, 0.4) is 0 Å². The van der Waals surface area contributed by atoms with Gasteiger partial charge in [0.1, 0.15) is 12.2 Å². The van der Waals surface area contributed by atoms with E-state index in [2.05, 4.69) is 4.74 Å². The number of ether oxygens (including phenoxy) is 1. The van der Waals surface area contributed by atoms with Crippen LogP contribution in [0.2, 0.25) is 0 Å². The molecule has 0 amide bonds. The zero-order chi connectivity index (χ0) is 9.52. The smallest absolute Gasteiger partial charge is 0.386 e. The first-order valence-corrected chi connectivity index (χ1v) is 3.10. The van der Waals surface area contributed by atoms with Crippen molar-refractivity contribution in [1.82, 2.24) is 0 Å². The molecule has 4 nitrogen and oxygen atoms in total. The van der Waals surface area contributed by atoms with Gasteiger partial charge < -0.3 is 15.3 Å². The Morgan fingerprint density at radius 1 is 1.08 bits per heavy atom. The van der Waals surface area contributed by atoms with Gasteiger partial charge in [-0.05, 0) is 0 Å². The Bertz CT molecular complexity index is 176. The molecule has 3 N–H and O–H groups in total. The Kier molecular flexibility index (Phi) is 2.30. The Labute approximate surface area is 65.2 Å². The van der Waals surface area contributed by atoms with Crippen LogP contribution >= 0.6 is 0 Å². The van der Waals surface area contributed by atoms with Crippen molar-refractivity contribution in [2.45, 2.75) is 30.8 Å². The van der Waals surface area contributed by atoms with Crippen LogP contribution in [0.4, 0.5) is 13.2 Å². The fraction of sp³-hybridized carbons (Fsp3) is 1.00. The van der Waals surface area contributed by atoms with Gasteiger partial charge in [-0.2, -0.15) is 8.78 Å². The molecule has 0 radical (unpaired) electrons. The van der Waals surface area contributed by atoms with Crippen molar-refractivity contribution in [3.05, 3.63) is 0 Å². The average Bonchev–Trinajstić information content (AvgIpc) is 1.97. The van der Waals surface area contributed by atoms with Crippen molar-refractivity contribution in [2.75, 3.05) is 0 Å². The first kappa shape index (κ1) is 9.72. The number of hydrogen-bond donors (Lipinski definition) is 3. The molecule has 1 aliphatic heterocycles. The molecular weight excluding hydrogens is 181 g/mol. The number of alkyl halides is 3. The summed E-state index contributed by atoms with van der Waals surface area (Å²) < 4.78 is 40.2. The average molecular weight is 188 g/mol. The van der Waals surface area contributed by atoms with Crippen LogP contribution in [-0.4, -0.2) is 46.1 Å². The summed E-state index contributed by atoms with van der Waals surface area (Å²) in [6, 6.07) is 0. The largest absolute Gasteiger partial charge is 0.387 e. The van der Waals surface area contributed by atoms with Crippen LogP contribution in [-0.2, 0) is 4.74 Å².